The fraction of sp³-hybridized carbons (Fsp3) is 0.143. The van der Waals surface area contributed by atoms with Gasteiger partial charge in [-0.2, -0.15) is 0 Å². The monoisotopic (exact) mass is 495 g/mol. The van der Waals surface area contributed by atoms with Gasteiger partial charge in [-0.3, -0.25) is 9.36 Å². The van der Waals surface area contributed by atoms with Gasteiger partial charge in [0.15, 0.2) is 11.3 Å². The molecule has 36 heavy (non-hydrogen) atoms. The minimum absolute atomic E-state index is 0.169. The van der Waals surface area contributed by atoms with Gasteiger partial charge < -0.3 is 9.30 Å². The third-order valence-corrected chi connectivity index (χ3v) is 6.77. The number of hydrogen-bond donors (Lipinski definition) is 0. The zero-order valence-electron chi connectivity index (χ0n) is 19.6. The SMILES string of the molecule is COc1ccc(CCn2c3nc4ccccc4nc3c3c(=O)n(Cc4ccccc4Cl)cnc32)cc1. The summed E-state index contributed by atoms with van der Waals surface area (Å²) in [5, 5.41) is 1.07. The van der Waals surface area contributed by atoms with Gasteiger partial charge in [0.05, 0.1) is 24.7 Å². The Morgan fingerprint density at radius 2 is 1.61 bits per heavy atom. The Morgan fingerprint density at radius 1 is 0.889 bits per heavy atom. The van der Waals surface area contributed by atoms with Crippen LogP contribution in [0, 0.1) is 0 Å². The van der Waals surface area contributed by atoms with Crippen molar-refractivity contribution in [1.82, 2.24) is 24.1 Å². The molecule has 0 radical (unpaired) electrons. The summed E-state index contributed by atoms with van der Waals surface area (Å²) in [6.45, 7) is 0.918. The topological polar surface area (TPSA) is 74.8 Å². The van der Waals surface area contributed by atoms with Crippen LogP contribution in [0.3, 0.4) is 0 Å². The molecule has 7 nitrogen and oxygen atoms in total. The quantitative estimate of drug-likeness (QED) is 0.315. The molecule has 0 saturated carbocycles. The van der Waals surface area contributed by atoms with E-state index in [-0.39, 0.29) is 5.56 Å². The summed E-state index contributed by atoms with van der Waals surface area (Å²) in [6, 6.07) is 23.1. The number of methoxy groups -OCH3 is 1. The molecule has 0 aliphatic rings. The largest absolute Gasteiger partial charge is 0.497 e. The van der Waals surface area contributed by atoms with E-state index in [4.69, 9.17) is 31.3 Å². The number of halogens is 1. The molecular weight excluding hydrogens is 474 g/mol. The van der Waals surface area contributed by atoms with E-state index in [0.29, 0.717) is 40.3 Å². The third kappa shape index (κ3) is 3.87. The Balaban J connectivity index is 1.51. The van der Waals surface area contributed by atoms with E-state index in [1.54, 1.807) is 18.0 Å². The number of fused-ring (bicyclic) bond motifs is 4. The highest BCUT2D eigenvalue weighted by Crippen LogP contribution is 2.26. The summed E-state index contributed by atoms with van der Waals surface area (Å²) in [4.78, 5) is 28.2. The zero-order chi connectivity index (χ0) is 24.6. The lowest BCUT2D eigenvalue weighted by Crippen LogP contribution is -2.21. The van der Waals surface area contributed by atoms with Crippen LogP contribution in [-0.2, 0) is 19.5 Å². The second kappa shape index (κ2) is 9.09. The molecule has 0 N–H and O–H groups in total. The van der Waals surface area contributed by atoms with E-state index in [2.05, 4.69) is 0 Å². The molecular formula is C28H22ClN5O2. The van der Waals surface area contributed by atoms with Gasteiger partial charge in [-0.05, 0) is 47.9 Å². The molecule has 0 atom stereocenters. The fourth-order valence-corrected chi connectivity index (χ4v) is 4.70. The highest BCUT2D eigenvalue weighted by Gasteiger charge is 2.20. The van der Waals surface area contributed by atoms with Crippen LogP contribution >= 0.6 is 11.6 Å². The van der Waals surface area contributed by atoms with Crippen LogP contribution in [0.15, 0.2) is 83.9 Å². The Bertz CT molecular complexity index is 1790. The highest BCUT2D eigenvalue weighted by atomic mass is 35.5. The first kappa shape index (κ1) is 22.2. The van der Waals surface area contributed by atoms with E-state index >= 15 is 0 Å². The summed E-state index contributed by atoms with van der Waals surface area (Å²) in [6.07, 6.45) is 2.32. The average molecular weight is 496 g/mol. The van der Waals surface area contributed by atoms with Crippen molar-refractivity contribution in [2.45, 2.75) is 19.5 Å². The molecule has 0 fully saturated rings. The molecule has 6 aromatic rings. The van der Waals surface area contributed by atoms with Gasteiger partial charge in [0.1, 0.15) is 23.0 Å². The maximum absolute atomic E-state index is 13.7. The molecule has 0 unspecified atom stereocenters. The first-order valence-corrected chi connectivity index (χ1v) is 12.0. The van der Waals surface area contributed by atoms with Crippen molar-refractivity contribution in [3.05, 3.63) is 106 Å². The lowest BCUT2D eigenvalue weighted by Gasteiger charge is -2.09. The van der Waals surface area contributed by atoms with Crippen molar-refractivity contribution in [1.29, 1.82) is 0 Å². The molecule has 0 aliphatic heterocycles. The Kier molecular flexibility index (Phi) is 5.62. The van der Waals surface area contributed by atoms with Crippen LogP contribution in [-0.4, -0.2) is 31.2 Å². The first-order valence-electron chi connectivity index (χ1n) is 11.6. The second-order valence-electron chi connectivity index (χ2n) is 8.60. The molecule has 0 amide bonds. The van der Waals surface area contributed by atoms with Gasteiger partial charge >= 0.3 is 0 Å². The minimum atomic E-state index is -0.169. The van der Waals surface area contributed by atoms with Crippen LogP contribution in [0.2, 0.25) is 5.02 Å². The molecule has 0 saturated heterocycles. The predicted octanol–water partition coefficient (Wildman–Crippen LogP) is 5.25. The van der Waals surface area contributed by atoms with E-state index < -0.39 is 0 Å². The smallest absolute Gasteiger partial charge is 0.265 e. The van der Waals surface area contributed by atoms with Crippen molar-refractivity contribution in [3.63, 3.8) is 0 Å². The first-order chi connectivity index (χ1) is 17.6. The van der Waals surface area contributed by atoms with Crippen molar-refractivity contribution in [2.24, 2.45) is 0 Å². The van der Waals surface area contributed by atoms with Gasteiger partial charge in [0.25, 0.3) is 5.56 Å². The van der Waals surface area contributed by atoms with E-state index in [1.807, 2.05) is 77.4 Å². The molecule has 3 heterocycles. The van der Waals surface area contributed by atoms with Crippen molar-refractivity contribution < 1.29 is 4.74 Å². The summed E-state index contributed by atoms with van der Waals surface area (Å²) < 4.78 is 8.84. The van der Waals surface area contributed by atoms with Gasteiger partial charge in [0, 0.05) is 11.6 Å². The molecule has 8 heteroatoms. The standard InChI is InChI=1S/C28H22ClN5O2/c1-36-20-12-10-18(11-13-20)14-15-34-26-24(25-27(34)32-23-9-5-4-8-22(23)31-25)28(35)33(17-30-26)16-19-6-2-3-7-21(19)29/h2-13,17H,14-16H2,1H3. The summed E-state index contributed by atoms with van der Waals surface area (Å²) in [7, 11) is 1.65. The minimum Gasteiger partial charge on any atom is -0.497 e. The van der Waals surface area contributed by atoms with Crippen LogP contribution < -0.4 is 10.3 Å². The molecule has 6 rings (SSSR count). The van der Waals surface area contributed by atoms with Crippen LogP contribution in [0.4, 0.5) is 0 Å². The number of para-hydroxylation sites is 2. The van der Waals surface area contributed by atoms with Gasteiger partial charge in [-0.1, -0.05) is 54.1 Å². The van der Waals surface area contributed by atoms with E-state index in [0.717, 1.165) is 34.3 Å². The molecule has 178 valence electrons. The summed E-state index contributed by atoms with van der Waals surface area (Å²) >= 11 is 6.36. The van der Waals surface area contributed by atoms with E-state index in [9.17, 15) is 4.79 Å². The van der Waals surface area contributed by atoms with Crippen molar-refractivity contribution >= 4 is 44.8 Å². The number of nitrogens with zero attached hydrogens (tertiary/aromatic N) is 5. The Labute approximate surface area is 211 Å². The number of rotatable bonds is 6. The van der Waals surface area contributed by atoms with Gasteiger partial charge in [-0.15, -0.1) is 0 Å². The summed E-state index contributed by atoms with van der Waals surface area (Å²) in [5.41, 5.74) is 5.12. The Morgan fingerprint density at radius 3 is 2.36 bits per heavy atom. The number of aromatic nitrogens is 5. The molecule has 3 aromatic carbocycles. The highest BCUT2D eigenvalue weighted by molar-refractivity contribution is 6.31. The van der Waals surface area contributed by atoms with Crippen LogP contribution in [0.25, 0.3) is 33.2 Å². The number of ether oxygens (including phenoxy) is 1. The normalized spacial score (nSPS) is 11.5. The Hall–Kier alpha value is -4.23. The van der Waals surface area contributed by atoms with Crippen molar-refractivity contribution in [2.75, 3.05) is 7.11 Å². The number of benzene rings is 3. The third-order valence-electron chi connectivity index (χ3n) is 6.40. The number of hydrogen-bond acceptors (Lipinski definition) is 5. The van der Waals surface area contributed by atoms with Gasteiger partial charge in [-0.25, -0.2) is 15.0 Å². The predicted molar refractivity (Wildman–Crippen MR) is 142 cm³/mol. The lowest BCUT2D eigenvalue weighted by atomic mass is 10.1. The molecule has 0 bridgehead atoms. The van der Waals surface area contributed by atoms with Crippen LogP contribution in [0.5, 0.6) is 5.75 Å². The van der Waals surface area contributed by atoms with Crippen LogP contribution in [0.1, 0.15) is 11.1 Å². The second-order valence-corrected chi connectivity index (χ2v) is 9.01. The lowest BCUT2D eigenvalue weighted by molar-refractivity contribution is 0.414. The van der Waals surface area contributed by atoms with E-state index in [1.165, 1.54) is 0 Å². The molecule has 0 spiro atoms. The van der Waals surface area contributed by atoms with Crippen molar-refractivity contribution in [3.8, 4) is 5.75 Å². The zero-order valence-corrected chi connectivity index (χ0v) is 20.3. The van der Waals surface area contributed by atoms with Gasteiger partial charge in [0.2, 0.25) is 0 Å². The average Bonchev–Trinajstić information content (AvgIpc) is 3.22. The number of aryl methyl sites for hydroxylation is 2. The fourth-order valence-electron chi connectivity index (χ4n) is 4.51. The molecule has 0 aliphatic carbocycles. The summed E-state index contributed by atoms with van der Waals surface area (Å²) in [5.74, 6) is 0.814. The maximum atomic E-state index is 13.7. The molecule has 3 aromatic heterocycles. The maximum Gasteiger partial charge on any atom is 0.265 e.